The maximum atomic E-state index is 6.03. The second-order valence-corrected chi connectivity index (χ2v) is 6.87. The molecule has 1 aliphatic rings. The highest BCUT2D eigenvalue weighted by atomic mass is 127. The number of unbranched alkanes of at least 4 members (excludes halogenated alkanes) is 1. The molecule has 1 heterocycles. The average Bonchev–Trinajstić information content (AvgIpc) is 2.68. The van der Waals surface area contributed by atoms with E-state index in [1.807, 2.05) is 7.05 Å². The topological polar surface area (TPSA) is 40.1 Å². The Morgan fingerprint density at radius 1 is 1.26 bits per heavy atom. The Balaban J connectivity index is 0.00000364. The summed E-state index contributed by atoms with van der Waals surface area (Å²) in [6.45, 7) is 13.5. The summed E-state index contributed by atoms with van der Waals surface area (Å²) in [5.74, 6) is 0.995. The van der Waals surface area contributed by atoms with Crippen LogP contribution in [-0.4, -0.2) is 68.7 Å². The summed E-state index contributed by atoms with van der Waals surface area (Å²) in [4.78, 5) is 9.29. The Labute approximate surface area is 182 Å². The molecule has 0 amide bonds. The standard InChI is InChI=1S/C21H36N4O.HI/c1-5-24(6-2)14-10-9-13-23-21(22-4)25-15-16-26-20(17-25)19-12-8-7-11-18(19)3;/h7-8,11-12,20H,5-6,9-10,13-17H2,1-4H3,(H,22,23);1H. The van der Waals surface area contributed by atoms with E-state index in [0.717, 1.165) is 45.3 Å². The lowest BCUT2D eigenvalue weighted by molar-refractivity contribution is -0.00830. The number of ether oxygens (including phenoxy) is 1. The van der Waals surface area contributed by atoms with E-state index in [4.69, 9.17) is 4.74 Å². The predicted molar refractivity (Wildman–Crippen MR) is 125 cm³/mol. The molecule has 27 heavy (non-hydrogen) atoms. The lowest BCUT2D eigenvalue weighted by Gasteiger charge is -2.35. The summed E-state index contributed by atoms with van der Waals surface area (Å²) in [6.07, 6.45) is 2.51. The number of hydrogen-bond donors (Lipinski definition) is 1. The zero-order valence-corrected chi connectivity index (χ0v) is 19.7. The van der Waals surface area contributed by atoms with E-state index < -0.39 is 0 Å². The Hall–Kier alpha value is -0.860. The van der Waals surface area contributed by atoms with Crippen LogP contribution in [0.2, 0.25) is 0 Å². The molecule has 1 fully saturated rings. The fraction of sp³-hybridized carbons (Fsp3) is 0.667. The molecule has 0 radical (unpaired) electrons. The van der Waals surface area contributed by atoms with Gasteiger partial charge in [0, 0.05) is 20.1 Å². The van der Waals surface area contributed by atoms with Crippen molar-refractivity contribution in [1.82, 2.24) is 15.1 Å². The third-order valence-corrected chi connectivity index (χ3v) is 5.19. The van der Waals surface area contributed by atoms with Gasteiger partial charge in [0.25, 0.3) is 0 Å². The summed E-state index contributed by atoms with van der Waals surface area (Å²) in [5, 5.41) is 3.54. The summed E-state index contributed by atoms with van der Waals surface area (Å²) >= 11 is 0. The summed E-state index contributed by atoms with van der Waals surface area (Å²) in [7, 11) is 1.87. The first-order valence-electron chi connectivity index (χ1n) is 10.0. The number of rotatable bonds is 8. The lowest BCUT2D eigenvalue weighted by atomic mass is 10.0. The van der Waals surface area contributed by atoms with Crippen LogP contribution in [0.15, 0.2) is 29.3 Å². The van der Waals surface area contributed by atoms with Gasteiger partial charge in [-0.25, -0.2) is 0 Å². The largest absolute Gasteiger partial charge is 0.370 e. The quantitative estimate of drug-likeness (QED) is 0.262. The fourth-order valence-electron chi connectivity index (χ4n) is 3.51. The number of halogens is 1. The van der Waals surface area contributed by atoms with Crippen LogP contribution in [0.25, 0.3) is 0 Å². The molecular weight excluding hydrogens is 451 g/mol. The zero-order chi connectivity index (χ0) is 18.8. The van der Waals surface area contributed by atoms with Gasteiger partial charge in [0.15, 0.2) is 5.96 Å². The Morgan fingerprint density at radius 3 is 2.67 bits per heavy atom. The highest BCUT2D eigenvalue weighted by molar-refractivity contribution is 14.0. The number of morpholine rings is 1. The minimum absolute atomic E-state index is 0. The van der Waals surface area contributed by atoms with E-state index in [2.05, 4.69) is 65.1 Å². The van der Waals surface area contributed by atoms with Gasteiger partial charge in [0.1, 0.15) is 6.10 Å². The van der Waals surface area contributed by atoms with Gasteiger partial charge in [-0.2, -0.15) is 0 Å². The van der Waals surface area contributed by atoms with Gasteiger partial charge < -0.3 is 19.9 Å². The predicted octanol–water partition coefficient (Wildman–Crippen LogP) is 3.68. The lowest BCUT2D eigenvalue weighted by Crippen LogP contribution is -2.48. The van der Waals surface area contributed by atoms with Crippen molar-refractivity contribution in [2.45, 2.75) is 39.7 Å². The fourth-order valence-corrected chi connectivity index (χ4v) is 3.51. The molecule has 1 N–H and O–H groups in total. The van der Waals surface area contributed by atoms with Crippen LogP contribution in [0.3, 0.4) is 0 Å². The molecule has 0 aliphatic carbocycles. The number of nitrogens with zero attached hydrogens (tertiary/aromatic N) is 3. The van der Waals surface area contributed by atoms with E-state index in [-0.39, 0.29) is 30.1 Å². The number of benzene rings is 1. The van der Waals surface area contributed by atoms with Gasteiger partial charge in [0.05, 0.1) is 13.2 Å². The van der Waals surface area contributed by atoms with Crippen LogP contribution in [-0.2, 0) is 4.74 Å². The Bertz CT molecular complexity index is 563. The van der Waals surface area contributed by atoms with Gasteiger partial charge in [-0.05, 0) is 50.5 Å². The van der Waals surface area contributed by atoms with E-state index in [0.29, 0.717) is 0 Å². The monoisotopic (exact) mass is 488 g/mol. The molecule has 6 heteroatoms. The van der Waals surface area contributed by atoms with Gasteiger partial charge in [-0.15, -0.1) is 24.0 Å². The Morgan fingerprint density at radius 2 is 2.00 bits per heavy atom. The number of guanidine groups is 1. The third kappa shape index (κ3) is 7.58. The first-order valence-corrected chi connectivity index (χ1v) is 10.0. The van der Waals surface area contributed by atoms with Crippen LogP contribution in [0.4, 0.5) is 0 Å². The molecule has 0 saturated carbocycles. The van der Waals surface area contributed by atoms with E-state index in [1.54, 1.807) is 0 Å². The number of hydrogen-bond acceptors (Lipinski definition) is 3. The van der Waals surface area contributed by atoms with Crippen LogP contribution in [0, 0.1) is 6.92 Å². The third-order valence-electron chi connectivity index (χ3n) is 5.19. The summed E-state index contributed by atoms with van der Waals surface area (Å²) in [5.41, 5.74) is 2.57. The average molecular weight is 488 g/mol. The van der Waals surface area contributed by atoms with E-state index in [1.165, 1.54) is 30.5 Å². The molecule has 2 rings (SSSR count). The summed E-state index contributed by atoms with van der Waals surface area (Å²) < 4.78 is 6.03. The van der Waals surface area contributed by atoms with Crippen molar-refractivity contribution < 1.29 is 4.74 Å². The van der Waals surface area contributed by atoms with Crippen LogP contribution >= 0.6 is 24.0 Å². The smallest absolute Gasteiger partial charge is 0.193 e. The van der Waals surface area contributed by atoms with E-state index >= 15 is 0 Å². The van der Waals surface area contributed by atoms with Crippen molar-refractivity contribution in [2.24, 2.45) is 4.99 Å². The molecule has 1 aliphatic heterocycles. The van der Waals surface area contributed by atoms with Crippen LogP contribution in [0.5, 0.6) is 0 Å². The minimum atomic E-state index is 0. The maximum absolute atomic E-state index is 6.03. The highest BCUT2D eigenvalue weighted by Gasteiger charge is 2.24. The molecule has 1 aromatic carbocycles. The van der Waals surface area contributed by atoms with Crippen molar-refractivity contribution >= 4 is 29.9 Å². The van der Waals surface area contributed by atoms with Gasteiger partial charge in [-0.1, -0.05) is 38.1 Å². The van der Waals surface area contributed by atoms with Gasteiger partial charge >= 0.3 is 0 Å². The molecule has 0 aromatic heterocycles. The van der Waals surface area contributed by atoms with Crippen LogP contribution in [0.1, 0.15) is 43.9 Å². The Kier molecular flexibility index (Phi) is 11.9. The first kappa shape index (κ1) is 24.2. The molecule has 0 spiro atoms. The molecule has 1 saturated heterocycles. The molecule has 0 bridgehead atoms. The number of aryl methyl sites for hydroxylation is 1. The molecular formula is C21H37IN4O. The SMILES string of the molecule is CCN(CC)CCCCNC(=NC)N1CCOC(c2ccccc2C)C1.I. The minimum Gasteiger partial charge on any atom is -0.370 e. The van der Waals surface area contributed by atoms with Gasteiger partial charge in [0.2, 0.25) is 0 Å². The molecule has 5 nitrogen and oxygen atoms in total. The van der Waals surface area contributed by atoms with Crippen molar-refractivity contribution in [3.05, 3.63) is 35.4 Å². The highest BCUT2D eigenvalue weighted by Crippen LogP contribution is 2.24. The van der Waals surface area contributed by atoms with Crippen molar-refractivity contribution in [3.63, 3.8) is 0 Å². The summed E-state index contributed by atoms with van der Waals surface area (Å²) in [6, 6.07) is 8.50. The second-order valence-electron chi connectivity index (χ2n) is 6.87. The maximum Gasteiger partial charge on any atom is 0.193 e. The molecule has 1 aromatic rings. The van der Waals surface area contributed by atoms with E-state index in [9.17, 15) is 0 Å². The molecule has 1 atom stereocenters. The second kappa shape index (κ2) is 13.3. The van der Waals surface area contributed by atoms with Crippen molar-refractivity contribution in [3.8, 4) is 0 Å². The van der Waals surface area contributed by atoms with Gasteiger partial charge in [-0.3, -0.25) is 4.99 Å². The normalized spacial score (nSPS) is 17.7. The molecule has 154 valence electrons. The van der Waals surface area contributed by atoms with Crippen molar-refractivity contribution in [2.75, 3.05) is 52.9 Å². The number of aliphatic imine (C=N–C) groups is 1. The zero-order valence-electron chi connectivity index (χ0n) is 17.4. The first-order chi connectivity index (χ1) is 12.7. The number of nitrogens with one attached hydrogen (secondary N) is 1. The molecule has 1 unspecified atom stereocenters. The van der Waals surface area contributed by atoms with Crippen molar-refractivity contribution in [1.29, 1.82) is 0 Å². The van der Waals surface area contributed by atoms with Crippen LogP contribution < -0.4 is 5.32 Å².